The van der Waals surface area contributed by atoms with Crippen LogP contribution in [0.25, 0.3) is 0 Å². The van der Waals surface area contributed by atoms with Crippen molar-refractivity contribution in [3.63, 3.8) is 0 Å². The van der Waals surface area contributed by atoms with Crippen LogP contribution < -0.4 is 5.32 Å². The molecule has 1 aromatic carbocycles. The summed E-state index contributed by atoms with van der Waals surface area (Å²) in [5, 5.41) is 2.98. The van der Waals surface area contributed by atoms with Crippen LogP contribution in [0.1, 0.15) is 96.1 Å². The molecule has 0 saturated carbocycles. The van der Waals surface area contributed by atoms with Crippen LogP contribution in [0.4, 0.5) is 4.79 Å². The number of benzene rings is 1. The Kier molecular flexibility index (Phi) is 15.5. The van der Waals surface area contributed by atoms with Gasteiger partial charge in [0.25, 0.3) is 0 Å². The summed E-state index contributed by atoms with van der Waals surface area (Å²) in [5.74, 6) is -0.699. The predicted molar refractivity (Wildman–Crippen MR) is 137 cm³/mol. The molecule has 1 unspecified atom stereocenters. The first-order valence-electron chi connectivity index (χ1n) is 13.0. The van der Waals surface area contributed by atoms with Gasteiger partial charge >= 0.3 is 18.0 Å². The average molecular weight is 492 g/mol. The van der Waals surface area contributed by atoms with Crippen molar-refractivity contribution in [2.75, 3.05) is 20.3 Å². The Hall–Kier alpha value is -2.57. The minimum Gasteiger partial charge on any atom is -0.466 e. The average Bonchev–Trinajstić information content (AvgIpc) is 2.83. The van der Waals surface area contributed by atoms with Crippen molar-refractivity contribution in [1.82, 2.24) is 5.32 Å². The van der Waals surface area contributed by atoms with E-state index in [1.54, 1.807) is 0 Å². The number of carbonyl (C=O) groups excluding carboxylic acids is 3. The quantitative estimate of drug-likeness (QED) is 0.156. The monoisotopic (exact) mass is 491 g/mol. The van der Waals surface area contributed by atoms with Crippen LogP contribution in [-0.2, 0) is 36.6 Å². The molecule has 0 saturated heterocycles. The van der Waals surface area contributed by atoms with Gasteiger partial charge in [-0.15, -0.1) is 0 Å². The summed E-state index contributed by atoms with van der Waals surface area (Å²) >= 11 is 0. The zero-order valence-electron chi connectivity index (χ0n) is 22.2. The molecular weight excluding hydrogens is 446 g/mol. The molecule has 0 spiro atoms. The molecule has 0 aliphatic heterocycles. The molecule has 0 radical (unpaired) electrons. The summed E-state index contributed by atoms with van der Waals surface area (Å²) in [6.45, 7) is 5.42. The van der Waals surface area contributed by atoms with Crippen molar-refractivity contribution in [2.45, 2.75) is 103 Å². The standard InChI is InChI=1S/C28H45NO6/c1-5-6-7-8-9-10-12-25-13-15-26(16-14-25)17-19-28(29-27(32)33-4,20-22-35-24(3)31)18-11-21-34-23(2)30/h13-16H,5-12,17-22H2,1-4H3,(H,29,32). The zero-order chi connectivity index (χ0) is 25.9. The van der Waals surface area contributed by atoms with Gasteiger partial charge in [-0.1, -0.05) is 63.3 Å². The highest BCUT2D eigenvalue weighted by atomic mass is 16.5. The van der Waals surface area contributed by atoms with Crippen LogP contribution in [0.15, 0.2) is 24.3 Å². The van der Waals surface area contributed by atoms with Crippen molar-refractivity contribution >= 4 is 18.0 Å². The summed E-state index contributed by atoms with van der Waals surface area (Å²) in [6.07, 6.45) is 11.3. The Morgan fingerprint density at radius 1 is 0.743 bits per heavy atom. The number of carbonyl (C=O) groups is 3. The van der Waals surface area contributed by atoms with Gasteiger partial charge in [0.05, 0.1) is 20.3 Å². The van der Waals surface area contributed by atoms with Crippen molar-refractivity contribution in [3.05, 3.63) is 35.4 Å². The smallest absolute Gasteiger partial charge is 0.407 e. The molecule has 0 bridgehead atoms. The van der Waals surface area contributed by atoms with E-state index in [0.29, 0.717) is 25.7 Å². The molecule has 1 aromatic rings. The fourth-order valence-electron chi connectivity index (χ4n) is 4.21. The maximum Gasteiger partial charge on any atom is 0.407 e. The van der Waals surface area contributed by atoms with E-state index in [4.69, 9.17) is 14.2 Å². The third-order valence-corrected chi connectivity index (χ3v) is 6.28. The number of aryl methyl sites for hydroxylation is 2. The second-order valence-corrected chi connectivity index (χ2v) is 9.26. The molecule has 1 amide bonds. The lowest BCUT2D eigenvalue weighted by Gasteiger charge is -2.34. The maximum absolute atomic E-state index is 12.2. The van der Waals surface area contributed by atoms with Crippen molar-refractivity contribution < 1.29 is 28.6 Å². The van der Waals surface area contributed by atoms with Gasteiger partial charge in [0.1, 0.15) is 0 Å². The summed E-state index contributed by atoms with van der Waals surface area (Å²) in [4.78, 5) is 34.6. The lowest BCUT2D eigenvalue weighted by molar-refractivity contribution is -0.142. The molecule has 7 nitrogen and oxygen atoms in total. The van der Waals surface area contributed by atoms with E-state index >= 15 is 0 Å². The van der Waals surface area contributed by atoms with Gasteiger partial charge in [0, 0.05) is 25.8 Å². The van der Waals surface area contributed by atoms with Gasteiger partial charge in [0.15, 0.2) is 0 Å². The molecule has 0 fully saturated rings. The molecule has 1 atom stereocenters. The topological polar surface area (TPSA) is 90.9 Å². The number of nitrogens with one attached hydrogen (secondary N) is 1. The van der Waals surface area contributed by atoms with Crippen LogP contribution >= 0.6 is 0 Å². The largest absolute Gasteiger partial charge is 0.466 e. The molecule has 0 aliphatic carbocycles. The number of unbranched alkanes of at least 4 members (excludes halogenated alkanes) is 5. The highest BCUT2D eigenvalue weighted by Crippen LogP contribution is 2.26. The van der Waals surface area contributed by atoms with Gasteiger partial charge in [-0.05, 0) is 49.7 Å². The first kappa shape index (κ1) is 30.5. The van der Waals surface area contributed by atoms with Crippen molar-refractivity contribution in [3.8, 4) is 0 Å². The third kappa shape index (κ3) is 14.4. The number of rotatable bonds is 18. The first-order chi connectivity index (χ1) is 16.8. The van der Waals surface area contributed by atoms with Gasteiger partial charge < -0.3 is 19.5 Å². The molecule has 198 valence electrons. The highest BCUT2D eigenvalue weighted by molar-refractivity contribution is 5.68. The fourth-order valence-corrected chi connectivity index (χ4v) is 4.21. The van der Waals surface area contributed by atoms with Crippen molar-refractivity contribution in [2.24, 2.45) is 0 Å². The zero-order valence-corrected chi connectivity index (χ0v) is 22.2. The number of ether oxygens (including phenoxy) is 3. The molecule has 35 heavy (non-hydrogen) atoms. The summed E-state index contributed by atoms with van der Waals surface area (Å²) < 4.78 is 15.1. The van der Waals surface area contributed by atoms with E-state index in [-0.39, 0.29) is 25.2 Å². The summed E-state index contributed by atoms with van der Waals surface area (Å²) in [7, 11) is 1.33. The SMILES string of the molecule is CCCCCCCCc1ccc(CCC(CCCOC(C)=O)(CCOC(C)=O)NC(=O)OC)cc1. The number of esters is 2. The van der Waals surface area contributed by atoms with Gasteiger partial charge in [-0.25, -0.2) is 4.79 Å². The van der Waals surface area contributed by atoms with Gasteiger partial charge in [-0.2, -0.15) is 0 Å². The maximum atomic E-state index is 12.2. The van der Waals surface area contributed by atoms with E-state index in [0.717, 1.165) is 12.8 Å². The number of methoxy groups -OCH3 is 1. The summed E-state index contributed by atoms with van der Waals surface area (Å²) in [5.41, 5.74) is 1.87. The van der Waals surface area contributed by atoms with Gasteiger partial charge in [0.2, 0.25) is 0 Å². The van der Waals surface area contributed by atoms with E-state index in [9.17, 15) is 14.4 Å². The van der Waals surface area contributed by atoms with Crippen molar-refractivity contribution in [1.29, 1.82) is 0 Å². The molecule has 1 N–H and O–H groups in total. The Morgan fingerprint density at radius 2 is 1.31 bits per heavy atom. The minimum atomic E-state index is -0.653. The number of amides is 1. The second kappa shape index (κ2) is 17.8. The fraction of sp³-hybridized carbons (Fsp3) is 0.679. The Bertz CT molecular complexity index is 748. The predicted octanol–water partition coefficient (Wildman–Crippen LogP) is 5.91. The Balaban J connectivity index is 2.76. The van der Waals surface area contributed by atoms with E-state index < -0.39 is 11.6 Å². The molecule has 0 aromatic heterocycles. The molecule has 0 aliphatic rings. The summed E-state index contributed by atoms with van der Waals surface area (Å²) in [6, 6.07) is 8.69. The first-order valence-corrected chi connectivity index (χ1v) is 13.0. The van der Waals surface area contributed by atoms with Gasteiger partial charge in [-0.3, -0.25) is 9.59 Å². The van der Waals surface area contributed by atoms with Crippen LogP contribution in [-0.4, -0.2) is 43.9 Å². The van der Waals surface area contributed by atoms with Crippen LogP contribution in [0.3, 0.4) is 0 Å². The molecule has 0 heterocycles. The van der Waals surface area contributed by atoms with E-state index in [1.807, 2.05) is 0 Å². The Labute approximate surface area is 211 Å². The number of hydrogen-bond donors (Lipinski definition) is 1. The second-order valence-electron chi connectivity index (χ2n) is 9.26. The normalized spacial score (nSPS) is 12.5. The molecular formula is C28H45NO6. The number of hydrogen-bond acceptors (Lipinski definition) is 6. The van der Waals surface area contributed by atoms with Crippen LogP contribution in [0, 0.1) is 0 Å². The molecule has 1 rings (SSSR count). The van der Waals surface area contributed by atoms with Crippen LogP contribution in [0.5, 0.6) is 0 Å². The Morgan fingerprint density at radius 3 is 1.91 bits per heavy atom. The lowest BCUT2D eigenvalue weighted by atomic mass is 9.84. The molecule has 7 heteroatoms. The van der Waals surface area contributed by atoms with E-state index in [1.165, 1.54) is 70.6 Å². The lowest BCUT2D eigenvalue weighted by Crippen LogP contribution is -2.50. The third-order valence-electron chi connectivity index (χ3n) is 6.28. The van der Waals surface area contributed by atoms with E-state index in [2.05, 4.69) is 36.5 Å². The minimum absolute atomic E-state index is 0.185. The highest BCUT2D eigenvalue weighted by Gasteiger charge is 2.32. The van der Waals surface area contributed by atoms with Crippen LogP contribution in [0.2, 0.25) is 0 Å². The number of alkyl carbamates (subject to hydrolysis) is 1.